The molecule has 2 fully saturated rings. The fourth-order valence-corrected chi connectivity index (χ4v) is 3.29. The van der Waals surface area contributed by atoms with Crippen LogP contribution in [-0.4, -0.2) is 54.2 Å². The predicted molar refractivity (Wildman–Crippen MR) is 90.4 cm³/mol. The summed E-state index contributed by atoms with van der Waals surface area (Å²) in [6.45, 7) is 6.01. The van der Waals surface area contributed by atoms with Gasteiger partial charge in [0.1, 0.15) is 5.41 Å². The standard InChI is InChI=1S/C18H23N3O3/c1-13-9-14(2)11-15(10-13)19-16(23)18(3-4-18)17(24)21-7-5-20(12-22)6-8-21/h9-12H,3-8H2,1-2H3,(H,19,23). The van der Waals surface area contributed by atoms with Gasteiger partial charge in [-0.05, 0) is 49.9 Å². The molecule has 6 nitrogen and oxygen atoms in total. The number of piperazine rings is 1. The van der Waals surface area contributed by atoms with Gasteiger partial charge in [-0.2, -0.15) is 0 Å². The maximum atomic E-state index is 12.8. The number of anilines is 1. The first kappa shape index (κ1) is 16.5. The average Bonchev–Trinajstić information content (AvgIpc) is 3.35. The van der Waals surface area contributed by atoms with Gasteiger partial charge in [0.15, 0.2) is 0 Å². The molecule has 1 aromatic rings. The summed E-state index contributed by atoms with van der Waals surface area (Å²) in [5, 5.41) is 2.91. The van der Waals surface area contributed by atoms with E-state index in [0.29, 0.717) is 39.0 Å². The molecule has 2 aliphatic rings. The van der Waals surface area contributed by atoms with Crippen molar-refractivity contribution in [2.24, 2.45) is 5.41 Å². The molecule has 1 aliphatic carbocycles. The number of aryl methyl sites for hydroxylation is 2. The maximum absolute atomic E-state index is 12.8. The zero-order valence-corrected chi connectivity index (χ0v) is 14.2. The Balaban J connectivity index is 1.67. The van der Waals surface area contributed by atoms with E-state index in [9.17, 15) is 14.4 Å². The van der Waals surface area contributed by atoms with Crippen LogP contribution in [0.3, 0.4) is 0 Å². The third kappa shape index (κ3) is 3.13. The molecule has 1 heterocycles. The molecular weight excluding hydrogens is 306 g/mol. The van der Waals surface area contributed by atoms with Crippen LogP contribution in [-0.2, 0) is 14.4 Å². The van der Waals surface area contributed by atoms with E-state index >= 15 is 0 Å². The van der Waals surface area contributed by atoms with Gasteiger partial charge in [0.2, 0.25) is 18.2 Å². The second-order valence-corrected chi connectivity index (χ2v) is 6.85. The Morgan fingerprint density at radius 1 is 1.04 bits per heavy atom. The lowest BCUT2D eigenvalue weighted by Gasteiger charge is -2.34. The van der Waals surface area contributed by atoms with Gasteiger partial charge in [0, 0.05) is 31.9 Å². The maximum Gasteiger partial charge on any atom is 0.240 e. The van der Waals surface area contributed by atoms with Crippen LogP contribution in [0, 0.1) is 19.3 Å². The summed E-state index contributed by atoms with van der Waals surface area (Å²) in [6, 6.07) is 5.86. The lowest BCUT2D eigenvalue weighted by Crippen LogP contribution is -2.52. The largest absolute Gasteiger partial charge is 0.342 e. The van der Waals surface area contributed by atoms with Gasteiger partial charge in [-0.1, -0.05) is 6.07 Å². The molecule has 3 amide bonds. The second kappa shape index (κ2) is 6.26. The van der Waals surface area contributed by atoms with Crippen molar-refractivity contribution in [2.75, 3.05) is 31.5 Å². The molecule has 0 unspecified atom stereocenters. The zero-order valence-electron chi connectivity index (χ0n) is 14.2. The summed E-state index contributed by atoms with van der Waals surface area (Å²) in [7, 11) is 0. The van der Waals surface area contributed by atoms with Crippen molar-refractivity contribution in [3.8, 4) is 0 Å². The van der Waals surface area contributed by atoms with Crippen molar-refractivity contribution >= 4 is 23.9 Å². The zero-order chi connectivity index (χ0) is 17.3. The number of nitrogens with zero attached hydrogens (tertiary/aromatic N) is 2. The van der Waals surface area contributed by atoms with E-state index in [1.54, 1.807) is 9.80 Å². The van der Waals surface area contributed by atoms with E-state index in [1.807, 2.05) is 32.0 Å². The molecule has 128 valence electrons. The summed E-state index contributed by atoms with van der Waals surface area (Å²) in [5.41, 5.74) is 1.97. The van der Waals surface area contributed by atoms with Crippen molar-refractivity contribution in [1.82, 2.24) is 9.80 Å². The van der Waals surface area contributed by atoms with Crippen LogP contribution in [0.1, 0.15) is 24.0 Å². The van der Waals surface area contributed by atoms with Crippen LogP contribution >= 0.6 is 0 Å². The number of carbonyl (C=O) groups excluding carboxylic acids is 3. The fourth-order valence-electron chi connectivity index (χ4n) is 3.29. The van der Waals surface area contributed by atoms with Crippen molar-refractivity contribution in [1.29, 1.82) is 0 Å². The first-order valence-corrected chi connectivity index (χ1v) is 8.33. The van der Waals surface area contributed by atoms with E-state index in [1.165, 1.54) is 0 Å². The van der Waals surface area contributed by atoms with Gasteiger partial charge in [-0.25, -0.2) is 0 Å². The SMILES string of the molecule is Cc1cc(C)cc(NC(=O)C2(C(=O)N3CCN(C=O)CC3)CC2)c1. The number of benzene rings is 1. The molecule has 0 bridgehead atoms. The van der Waals surface area contributed by atoms with Crippen molar-refractivity contribution in [3.63, 3.8) is 0 Å². The van der Waals surface area contributed by atoms with Gasteiger partial charge in [-0.3, -0.25) is 14.4 Å². The van der Waals surface area contributed by atoms with Gasteiger partial charge >= 0.3 is 0 Å². The lowest BCUT2D eigenvalue weighted by atomic mass is 10.0. The molecule has 0 radical (unpaired) electrons. The third-order valence-corrected chi connectivity index (χ3v) is 4.82. The Labute approximate surface area is 141 Å². The number of carbonyl (C=O) groups is 3. The Bertz CT molecular complexity index is 654. The molecule has 24 heavy (non-hydrogen) atoms. The van der Waals surface area contributed by atoms with Gasteiger partial charge in [-0.15, -0.1) is 0 Å². The molecule has 0 aromatic heterocycles. The molecule has 1 aliphatic heterocycles. The quantitative estimate of drug-likeness (QED) is 0.669. The first-order valence-electron chi connectivity index (χ1n) is 8.33. The highest BCUT2D eigenvalue weighted by atomic mass is 16.2. The van der Waals surface area contributed by atoms with E-state index in [4.69, 9.17) is 0 Å². The third-order valence-electron chi connectivity index (χ3n) is 4.82. The highest BCUT2D eigenvalue weighted by Crippen LogP contribution is 2.48. The first-order chi connectivity index (χ1) is 11.4. The smallest absolute Gasteiger partial charge is 0.240 e. The van der Waals surface area contributed by atoms with Crippen molar-refractivity contribution < 1.29 is 14.4 Å². The van der Waals surface area contributed by atoms with Crippen LogP contribution in [0.15, 0.2) is 18.2 Å². The summed E-state index contributed by atoms with van der Waals surface area (Å²) in [6.07, 6.45) is 1.99. The van der Waals surface area contributed by atoms with E-state index in [2.05, 4.69) is 5.32 Å². The monoisotopic (exact) mass is 329 g/mol. The highest BCUT2D eigenvalue weighted by molar-refractivity contribution is 6.13. The normalized spacial score (nSPS) is 18.9. The predicted octanol–water partition coefficient (Wildman–Crippen LogP) is 1.32. The minimum absolute atomic E-state index is 0.102. The lowest BCUT2D eigenvalue weighted by molar-refractivity contribution is -0.144. The number of rotatable bonds is 4. The summed E-state index contributed by atoms with van der Waals surface area (Å²) in [5.74, 6) is -0.315. The van der Waals surface area contributed by atoms with E-state index in [-0.39, 0.29) is 11.8 Å². The van der Waals surface area contributed by atoms with Crippen LogP contribution in [0.2, 0.25) is 0 Å². The molecule has 0 spiro atoms. The minimum Gasteiger partial charge on any atom is -0.342 e. The topological polar surface area (TPSA) is 69.7 Å². The van der Waals surface area contributed by atoms with Crippen molar-refractivity contribution in [3.05, 3.63) is 29.3 Å². The minimum atomic E-state index is -0.916. The Morgan fingerprint density at radius 2 is 1.62 bits per heavy atom. The van der Waals surface area contributed by atoms with Gasteiger partial charge < -0.3 is 15.1 Å². The number of hydrogen-bond acceptors (Lipinski definition) is 3. The molecule has 0 atom stereocenters. The fraction of sp³-hybridized carbons (Fsp3) is 0.500. The average molecular weight is 329 g/mol. The van der Waals surface area contributed by atoms with Crippen LogP contribution < -0.4 is 5.32 Å². The number of amides is 3. The van der Waals surface area contributed by atoms with Gasteiger partial charge in [0.25, 0.3) is 0 Å². The molecule has 1 saturated carbocycles. The van der Waals surface area contributed by atoms with E-state index in [0.717, 1.165) is 23.2 Å². The molecular formula is C18H23N3O3. The van der Waals surface area contributed by atoms with Crippen LogP contribution in [0.4, 0.5) is 5.69 Å². The summed E-state index contributed by atoms with van der Waals surface area (Å²) in [4.78, 5) is 39.6. The Morgan fingerprint density at radius 3 is 2.12 bits per heavy atom. The molecule has 1 N–H and O–H groups in total. The second-order valence-electron chi connectivity index (χ2n) is 6.85. The molecule has 6 heteroatoms. The summed E-state index contributed by atoms with van der Waals surface area (Å²) >= 11 is 0. The molecule has 1 saturated heterocycles. The number of hydrogen-bond donors (Lipinski definition) is 1. The van der Waals surface area contributed by atoms with Crippen LogP contribution in [0.5, 0.6) is 0 Å². The van der Waals surface area contributed by atoms with Crippen molar-refractivity contribution in [2.45, 2.75) is 26.7 Å². The van der Waals surface area contributed by atoms with Crippen LogP contribution in [0.25, 0.3) is 0 Å². The van der Waals surface area contributed by atoms with E-state index < -0.39 is 5.41 Å². The van der Waals surface area contributed by atoms with Gasteiger partial charge in [0.05, 0.1) is 0 Å². The number of nitrogens with one attached hydrogen (secondary N) is 1. The summed E-state index contributed by atoms with van der Waals surface area (Å²) < 4.78 is 0. The molecule has 1 aromatic carbocycles. The highest BCUT2D eigenvalue weighted by Gasteiger charge is 2.58. The Hall–Kier alpha value is -2.37. The molecule has 3 rings (SSSR count). The Kier molecular flexibility index (Phi) is 4.30.